The lowest BCUT2D eigenvalue weighted by Crippen LogP contribution is -2.40. The van der Waals surface area contributed by atoms with Gasteiger partial charge in [0.05, 0.1) is 13.2 Å². The fourth-order valence-corrected chi connectivity index (χ4v) is 6.15. The van der Waals surface area contributed by atoms with Crippen molar-refractivity contribution in [2.24, 2.45) is 0 Å². The minimum absolute atomic E-state index is 0.245. The van der Waals surface area contributed by atoms with Crippen molar-refractivity contribution < 1.29 is 17.9 Å². The Kier molecular flexibility index (Phi) is 6.21. The number of rotatable bonds is 5. The highest BCUT2D eigenvalue weighted by Gasteiger charge is 2.27. The lowest BCUT2D eigenvalue weighted by molar-refractivity contribution is 0.0731. The van der Waals surface area contributed by atoms with Gasteiger partial charge in [-0.2, -0.15) is 4.31 Å². The van der Waals surface area contributed by atoms with Crippen LogP contribution in [0.15, 0.2) is 64.9 Å². The van der Waals surface area contributed by atoms with Gasteiger partial charge in [0.25, 0.3) is 15.9 Å². The average molecular weight is 463 g/mol. The molecule has 0 aliphatic carbocycles. The van der Waals surface area contributed by atoms with E-state index in [0.29, 0.717) is 46.8 Å². The van der Waals surface area contributed by atoms with Crippen molar-refractivity contribution in [2.75, 3.05) is 31.6 Å². The molecule has 1 aliphatic rings. The van der Waals surface area contributed by atoms with Crippen LogP contribution in [0.25, 0.3) is 10.4 Å². The van der Waals surface area contributed by atoms with Gasteiger partial charge in [-0.1, -0.05) is 29.8 Å². The number of thiophene rings is 1. The fourth-order valence-electron chi connectivity index (χ4n) is 3.08. The number of ether oxygens (including phenoxy) is 1. The van der Waals surface area contributed by atoms with E-state index >= 15 is 0 Å². The van der Waals surface area contributed by atoms with Crippen LogP contribution >= 0.6 is 22.9 Å². The summed E-state index contributed by atoms with van der Waals surface area (Å²) in [6, 6.07) is 17.4. The summed E-state index contributed by atoms with van der Waals surface area (Å²) < 4.78 is 32.6. The first-order chi connectivity index (χ1) is 14.4. The van der Waals surface area contributed by atoms with Gasteiger partial charge in [-0.25, -0.2) is 8.42 Å². The second kappa shape index (κ2) is 8.87. The van der Waals surface area contributed by atoms with Gasteiger partial charge in [0.2, 0.25) is 0 Å². The second-order valence-corrected chi connectivity index (χ2v) is 10.4. The number of nitrogens with zero attached hydrogens (tertiary/aromatic N) is 1. The number of carbonyl (C=O) groups is 1. The zero-order chi connectivity index (χ0) is 21.1. The highest BCUT2D eigenvalue weighted by molar-refractivity contribution is 7.91. The van der Waals surface area contributed by atoms with Crippen molar-refractivity contribution >= 4 is 44.6 Å². The van der Waals surface area contributed by atoms with Crippen LogP contribution in [0.3, 0.4) is 0 Å². The summed E-state index contributed by atoms with van der Waals surface area (Å²) >= 11 is 7.16. The van der Waals surface area contributed by atoms with Gasteiger partial charge in [0.1, 0.15) is 4.21 Å². The quantitative estimate of drug-likeness (QED) is 0.612. The highest BCUT2D eigenvalue weighted by atomic mass is 35.5. The lowest BCUT2D eigenvalue weighted by atomic mass is 10.1. The maximum absolute atomic E-state index is 12.8. The highest BCUT2D eigenvalue weighted by Crippen LogP contribution is 2.32. The molecule has 3 aromatic rings. The Bertz CT molecular complexity index is 1150. The standard InChI is InChI=1S/C21H19ClN2O4S2/c22-17-2-1-3-18(14-17)23-21(25)16-6-4-15(5-7-16)19-8-9-20(29-19)30(26,27)24-10-12-28-13-11-24/h1-9,14H,10-13H2,(H,23,25). The molecule has 1 amide bonds. The fraction of sp³-hybridized carbons (Fsp3) is 0.190. The Hall–Kier alpha value is -2.23. The number of morpholine rings is 1. The molecule has 0 unspecified atom stereocenters. The van der Waals surface area contributed by atoms with E-state index in [1.54, 1.807) is 48.5 Å². The molecule has 30 heavy (non-hydrogen) atoms. The van der Waals surface area contributed by atoms with Crippen LogP contribution in [0.2, 0.25) is 5.02 Å². The number of anilines is 1. The molecule has 2 aromatic carbocycles. The predicted molar refractivity (Wildman–Crippen MR) is 119 cm³/mol. The monoisotopic (exact) mass is 462 g/mol. The van der Waals surface area contributed by atoms with Crippen LogP contribution in [-0.4, -0.2) is 44.9 Å². The van der Waals surface area contributed by atoms with E-state index in [-0.39, 0.29) is 5.91 Å². The minimum atomic E-state index is -3.51. The number of sulfonamides is 1. The van der Waals surface area contributed by atoms with Crippen LogP contribution in [0, 0.1) is 0 Å². The number of benzene rings is 2. The molecular weight excluding hydrogens is 444 g/mol. The van der Waals surface area contributed by atoms with E-state index in [1.165, 1.54) is 15.6 Å². The van der Waals surface area contributed by atoms with Crippen LogP contribution in [-0.2, 0) is 14.8 Å². The molecule has 1 saturated heterocycles. The van der Waals surface area contributed by atoms with Gasteiger partial charge in [-0.05, 0) is 48.0 Å². The van der Waals surface area contributed by atoms with Crippen LogP contribution < -0.4 is 5.32 Å². The smallest absolute Gasteiger partial charge is 0.255 e. The number of carbonyl (C=O) groups excluding carboxylic acids is 1. The molecule has 0 bridgehead atoms. The zero-order valence-corrected chi connectivity index (χ0v) is 18.3. The molecule has 1 fully saturated rings. The van der Waals surface area contributed by atoms with Gasteiger partial charge >= 0.3 is 0 Å². The molecule has 4 rings (SSSR count). The van der Waals surface area contributed by atoms with Gasteiger partial charge in [-0.3, -0.25) is 4.79 Å². The summed E-state index contributed by atoms with van der Waals surface area (Å²) in [7, 11) is -3.51. The number of hydrogen-bond donors (Lipinski definition) is 1. The molecule has 0 spiro atoms. The molecule has 1 aliphatic heterocycles. The third-order valence-electron chi connectivity index (χ3n) is 4.66. The van der Waals surface area contributed by atoms with E-state index in [9.17, 15) is 13.2 Å². The first-order valence-electron chi connectivity index (χ1n) is 9.28. The van der Waals surface area contributed by atoms with Crippen LogP contribution in [0.4, 0.5) is 5.69 Å². The predicted octanol–water partition coefficient (Wildman–Crippen LogP) is 4.34. The van der Waals surface area contributed by atoms with Gasteiger partial charge in [0.15, 0.2) is 0 Å². The molecule has 9 heteroatoms. The number of nitrogens with one attached hydrogen (secondary N) is 1. The number of halogens is 1. The summed E-state index contributed by atoms with van der Waals surface area (Å²) in [5, 5.41) is 3.35. The van der Waals surface area contributed by atoms with E-state index in [0.717, 1.165) is 10.4 Å². The lowest BCUT2D eigenvalue weighted by Gasteiger charge is -2.25. The summed E-state index contributed by atoms with van der Waals surface area (Å²) in [5.41, 5.74) is 1.96. The Morgan fingerprint density at radius 2 is 1.77 bits per heavy atom. The number of amides is 1. The molecule has 1 aromatic heterocycles. The second-order valence-electron chi connectivity index (χ2n) is 6.68. The van der Waals surface area contributed by atoms with Crippen LogP contribution in [0.1, 0.15) is 10.4 Å². The molecular formula is C21H19ClN2O4S2. The zero-order valence-electron chi connectivity index (χ0n) is 15.9. The van der Waals surface area contributed by atoms with Crippen molar-refractivity contribution in [3.8, 4) is 10.4 Å². The topological polar surface area (TPSA) is 75.7 Å². The molecule has 6 nitrogen and oxygen atoms in total. The van der Waals surface area contributed by atoms with E-state index in [2.05, 4.69) is 5.32 Å². The maximum atomic E-state index is 12.8. The molecule has 0 atom stereocenters. The summed E-state index contributed by atoms with van der Waals surface area (Å²) in [6.45, 7) is 1.56. The molecule has 0 radical (unpaired) electrons. The SMILES string of the molecule is O=C(Nc1cccc(Cl)c1)c1ccc(-c2ccc(S(=O)(=O)N3CCOCC3)s2)cc1. The minimum Gasteiger partial charge on any atom is -0.379 e. The van der Waals surface area contributed by atoms with E-state index in [4.69, 9.17) is 16.3 Å². The van der Waals surface area contributed by atoms with Crippen molar-refractivity contribution in [2.45, 2.75) is 4.21 Å². The Morgan fingerprint density at radius 1 is 1.03 bits per heavy atom. The van der Waals surface area contributed by atoms with Crippen molar-refractivity contribution in [3.63, 3.8) is 0 Å². The van der Waals surface area contributed by atoms with E-state index < -0.39 is 10.0 Å². The van der Waals surface area contributed by atoms with Gasteiger partial charge in [-0.15, -0.1) is 11.3 Å². The first kappa shape index (κ1) is 21.0. The van der Waals surface area contributed by atoms with Crippen molar-refractivity contribution in [3.05, 3.63) is 71.2 Å². The molecule has 1 N–H and O–H groups in total. The summed E-state index contributed by atoms with van der Waals surface area (Å²) in [6.07, 6.45) is 0. The van der Waals surface area contributed by atoms with Crippen molar-refractivity contribution in [1.82, 2.24) is 4.31 Å². The number of hydrogen-bond acceptors (Lipinski definition) is 5. The van der Waals surface area contributed by atoms with E-state index in [1.807, 2.05) is 12.1 Å². The largest absolute Gasteiger partial charge is 0.379 e. The van der Waals surface area contributed by atoms with Crippen molar-refractivity contribution in [1.29, 1.82) is 0 Å². The Labute approximate surface area is 184 Å². The van der Waals surface area contributed by atoms with Gasteiger partial charge in [0, 0.05) is 34.2 Å². The normalized spacial score (nSPS) is 15.1. The van der Waals surface area contributed by atoms with Crippen LogP contribution in [0.5, 0.6) is 0 Å². The Balaban J connectivity index is 1.49. The summed E-state index contributed by atoms with van der Waals surface area (Å²) in [4.78, 5) is 13.3. The molecule has 156 valence electrons. The Morgan fingerprint density at radius 3 is 2.47 bits per heavy atom. The first-order valence-corrected chi connectivity index (χ1v) is 11.9. The molecule has 0 saturated carbocycles. The van der Waals surface area contributed by atoms with Gasteiger partial charge < -0.3 is 10.1 Å². The maximum Gasteiger partial charge on any atom is 0.255 e. The third-order valence-corrected chi connectivity index (χ3v) is 8.40. The molecule has 2 heterocycles. The summed E-state index contributed by atoms with van der Waals surface area (Å²) in [5.74, 6) is -0.245. The third kappa shape index (κ3) is 4.58. The average Bonchev–Trinajstić information content (AvgIpc) is 3.26.